The van der Waals surface area contributed by atoms with Gasteiger partial charge in [0, 0.05) is 32.8 Å². The van der Waals surface area contributed by atoms with Gasteiger partial charge in [0.25, 0.3) is 0 Å². The summed E-state index contributed by atoms with van der Waals surface area (Å²) in [5, 5.41) is 6.57. The predicted molar refractivity (Wildman–Crippen MR) is 255 cm³/mol. The van der Waals surface area contributed by atoms with Gasteiger partial charge in [0.1, 0.15) is 22.3 Å². The summed E-state index contributed by atoms with van der Waals surface area (Å²) < 4.78 is 13.6. The molecule has 0 amide bonds. The van der Waals surface area contributed by atoms with Crippen LogP contribution in [0.15, 0.2) is 233 Å². The van der Waals surface area contributed by atoms with Gasteiger partial charge in [0.15, 0.2) is 0 Å². The molecule has 2 heterocycles. The highest BCUT2D eigenvalue weighted by Gasteiger charge is 2.25. The second-order valence-corrected chi connectivity index (χ2v) is 15.6. The van der Waals surface area contributed by atoms with Crippen LogP contribution in [0.3, 0.4) is 0 Å². The zero-order valence-electron chi connectivity index (χ0n) is 33.1. The first-order valence-electron chi connectivity index (χ1n) is 20.7. The van der Waals surface area contributed by atoms with E-state index >= 15 is 0 Å². The molecule has 0 spiro atoms. The molecule has 2 aromatic heterocycles. The molecule has 0 radical (unpaired) electrons. The Morgan fingerprint density at radius 2 is 0.803 bits per heavy atom. The van der Waals surface area contributed by atoms with Gasteiger partial charge in [-0.05, 0) is 105 Å². The van der Waals surface area contributed by atoms with Crippen molar-refractivity contribution < 1.29 is 8.83 Å². The van der Waals surface area contributed by atoms with Crippen LogP contribution in [0.25, 0.3) is 99.2 Å². The summed E-state index contributed by atoms with van der Waals surface area (Å²) in [6.45, 7) is 0. The van der Waals surface area contributed by atoms with Crippen LogP contribution >= 0.6 is 0 Å². The first-order chi connectivity index (χ1) is 30.2. The molecule has 0 fully saturated rings. The molecule has 10 aromatic carbocycles. The molecular weight excluding hydrogens is 743 g/mol. The summed E-state index contributed by atoms with van der Waals surface area (Å²) in [7, 11) is 0. The number of hydrogen-bond donors (Lipinski definition) is 0. The maximum Gasteiger partial charge on any atom is 0.145 e. The molecule has 0 aliphatic rings. The largest absolute Gasteiger partial charge is 0.456 e. The van der Waals surface area contributed by atoms with E-state index in [1.165, 1.54) is 16.5 Å². The summed E-state index contributed by atoms with van der Waals surface area (Å²) in [5.74, 6) is 0. The fraction of sp³-hybridized carbons (Fsp3) is 0. The Hall–Kier alpha value is -8.14. The fourth-order valence-electron chi connectivity index (χ4n) is 9.17. The van der Waals surface area contributed by atoms with E-state index in [1.807, 2.05) is 6.07 Å². The van der Waals surface area contributed by atoms with Crippen LogP contribution in [0.2, 0.25) is 0 Å². The number of furan rings is 2. The van der Waals surface area contributed by atoms with E-state index in [9.17, 15) is 0 Å². The molecule has 0 atom stereocenters. The van der Waals surface area contributed by atoms with Gasteiger partial charge in [-0.3, -0.25) is 0 Å². The van der Waals surface area contributed by atoms with Crippen molar-refractivity contribution in [2.75, 3.05) is 4.90 Å². The van der Waals surface area contributed by atoms with Gasteiger partial charge in [0.05, 0.1) is 16.8 Å². The van der Waals surface area contributed by atoms with Gasteiger partial charge in [-0.15, -0.1) is 0 Å². The molecule has 12 aromatic rings. The van der Waals surface area contributed by atoms with Crippen molar-refractivity contribution in [1.82, 2.24) is 0 Å². The van der Waals surface area contributed by atoms with Gasteiger partial charge in [-0.2, -0.15) is 0 Å². The summed E-state index contributed by atoms with van der Waals surface area (Å²) >= 11 is 0. The Kier molecular flexibility index (Phi) is 8.17. The SMILES string of the molecule is c1ccc(-c2ccc3c(c2)oc2ccc(N(c4ccc(-c5ccccc5)c5ccccc45)c4ccc(-c5ccccc5)c5oc6cc(-c7ccccc7)ccc6c45)cc23)cc1. The molecule has 286 valence electrons. The average Bonchev–Trinajstić information content (AvgIpc) is 3.91. The third-order valence-electron chi connectivity index (χ3n) is 12.1. The van der Waals surface area contributed by atoms with Crippen molar-refractivity contribution >= 4 is 71.7 Å². The Morgan fingerprint density at radius 1 is 0.279 bits per heavy atom. The summed E-state index contributed by atoms with van der Waals surface area (Å²) in [6, 6.07) is 79.8. The van der Waals surface area contributed by atoms with Crippen LogP contribution in [0.1, 0.15) is 0 Å². The Balaban J connectivity index is 1.14. The van der Waals surface area contributed by atoms with Gasteiger partial charge in [-0.1, -0.05) is 164 Å². The van der Waals surface area contributed by atoms with Crippen LogP contribution in [0.5, 0.6) is 0 Å². The molecule has 0 unspecified atom stereocenters. The minimum atomic E-state index is 0.843. The second kappa shape index (κ2) is 14.3. The van der Waals surface area contributed by atoms with E-state index in [4.69, 9.17) is 8.83 Å². The molecule has 3 heteroatoms. The maximum absolute atomic E-state index is 7.05. The minimum Gasteiger partial charge on any atom is -0.456 e. The number of hydrogen-bond acceptors (Lipinski definition) is 3. The highest BCUT2D eigenvalue weighted by Crippen LogP contribution is 2.49. The number of nitrogens with zero attached hydrogens (tertiary/aromatic N) is 1. The van der Waals surface area contributed by atoms with Gasteiger partial charge < -0.3 is 13.7 Å². The smallest absolute Gasteiger partial charge is 0.145 e. The van der Waals surface area contributed by atoms with Gasteiger partial charge in [-0.25, -0.2) is 0 Å². The quantitative estimate of drug-likeness (QED) is 0.161. The maximum atomic E-state index is 7.05. The van der Waals surface area contributed by atoms with Gasteiger partial charge >= 0.3 is 0 Å². The van der Waals surface area contributed by atoms with E-state index in [0.29, 0.717) is 0 Å². The molecule has 3 nitrogen and oxygen atoms in total. The average molecular weight is 780 g/mol. The van der Waals surface area contributed by atoms with E-state index < -0.39 is 0 Å². The molecule has 0 saturated heterocycles. The van der Waals surface area contributed by atoms with Crippen molar-refractivity contribution in [2.45, 2.75) is 0 Å². The highest BCUT2D eigenvalue weighted by molar-refractivity contribution is 6.19. The van der Waals surface area contributed by atoms with Gasteiger partial charge in [0.2, 0.25) is 0 Å². The molecular formula is C58H37NO2. The lowest BCUT2D eigenvalue weighted by molar-refractivity contribution is 0.669. The Labute approximate surface area is 353 Å². The van der Waals surface area contributed by atoms with Crippen LogP contribution in [-0.4, -0.2) is 0 Å². The van der Waals surface area contributed by atoms with Crippen molar-refractivity contribution in [3.63, 3.8) is 0 Å². The van der Waals surface area contributed by atoms with Crippen molar-refractivity contribution in [3.8, 4) is 44.5 Å². The molecule has 0 aliphatic heterocycles. The number of rotatable bonds is 7. The van der Waals surface area contributed by atoms with Crippen LogP contribution in [-0.2, 0) is 0 Å². The highest BCUT2D eigenvalue weighted by atomic mass is 16.3. The Bertz CT molecular complexity index is 3570. The van der Waals surface area contributed by atoms with Crippen LogP contribution in [0.4, 0.5) is 17.1 Å². The monoisotopic (exact) mass is 779 g/mol. The molecule has 0 bridgehead atoms. The molecule has 0 aliphatic carbocycles. The van der Waals surface area contributed by atoms with Crippen molar-refractivity contribution in [3.05, 3.63) is 224 Å². The first kappa shape index (κ1) is 34.9. The first-order valence-corrected chi connectivity index (χ1v) is 20.7. The molecule has 12 rings (SSSR count). The third kappa shape index (κ3) is 5.90. The summed E-state index contributed by atoms with van der Waals surface area (Å²) in [4.78, 5) is 2.42. The van der Waals surface area contributed by atoms with Crippen LogP contribution < -0.4 is 4.90 Å². The van der Waals surface area contributed by atoms with Crippen molar-refractivity contribution in [1.29, 1.82) is 0 Å². The minimum absolute atomic E-state index is 0.843. The number of benzene rings is 10. The third-order valence-corrected chi connectivity index (χ3v) is 12.1. The zero-order valence-corrected chi connectivity index (χ0v) is 33.1. The zero-order chi connectivity index (χ0) is 40.3. The van der Waals surface area contributed by atoms with Crippen LogP contribution in [0, 0.1) is 0 Å². The fourth-order valence-corrected chi connectivity index (χ4v) is 9.17. The lowest BCUT2D eigenvalue weighted by Crippen LogP contribution is -2.11. The Morgan fingerprint density at radius 3 is 1.46 bits per heavy atom. The lowest BCUT2D eigenvalue weighted by Gasteiger charge is -2.28. The topological polar surface area (TPSA) is 29.5 Å². The normalized spacial score (nSPS) is 11.6. The second-order valence-electron chi connectivity index (χ2n) is 15.6. The van der Waals surface area contributed by atoms with E-state index in [-0.39, 0.29) is 0 Å². The van der Waals surface area contributed by atoms with E-state index in [1.54, 1.807) is 0 Å². The van der Waals surface area contributed by atoms with E-state index in [2.05, 4.69) is 223 Å². The standard InChI is InChI=1S/C58H37NO2/c1-5-15-38(16-6-1)42-25-28-49-51-37-44(27-34-54(51)60-55(49)35-42)59(52-32-30-45(40-19-9-3-10-20-40)47-23-13-14-24-48(47)52)53-33-31-46(41-21-11-4-12-22-41)58-57(53)50-29-26-43(36-56(50)61-58)39-17-7-2-8-18-39/h1-37H. The molecule has 0 N–H and O–H groups in total. The van der Waals surface area contributed by atoms with Crippen molar-refractivity contribution in [2.24, 2.45) is 0 Å². The molecule has 61 heavy (non-hydrogen) atoms. The summed E-state index contributed by atoms with van der Waals surface area (Å²) in [6.07, 6.45) is 0. The predicted octanol–water partition coefficient (Wildman–Crippen LogP) is 16.8. The lowest BCUT2D eigenvalue weighted by atomic mass is 9.95. The van der Waals surface area contributed by atoms with E-state index in [0.717, 1.165) is 99.7 Å². The molecule has 0 saturated carbocycles. The number of anilines is 3. The number of fused-ring (bicyclic) bond motifs is 7. The summed E-state index contributed by atoms with van der Waals surface area (Å²) in [5.41, 5.74) is 15.6.